The maximum Gasteiger partial charge on any atom is 0.276 e. The number of thioether (sulfide) groups is 1. The smallest absolute Gasteiger partial charge is 0.276 e. The standard InChI is InChI=1S/C20H29N3O4S/c1-19(2,10-21-14-24)11-25-12-20(3,4)13-26-16-8-6-15(7-9-16)17-22-23-18(27-17)28-5/h6-9,14H,10-13H2,1-5H3,(H,21,24). The molecule has 0 fully saturated rings. The van der Waals surface area contributed by atoms with Gasteiger partial charge in [0, 0.05) is 22.9 Å². The van der Waals surface area contributed by atoms with Gasteiger partial charge >= 0.3 is 0 Å². The molecule has 1 amide bonds. The number of benzene rings is 1. The van der Waals surface area contributed by atoms with E-state index in [4.69, 9.17) is 13.9 Å². The summed E-state index contributed by atoms with van der Waals surface area (Å²) in [5.41, 5.74) is 0.597. The Labute approximate surface area is 170 Å². The van der Waals surface area contributed by atoms with E-state index in [1.54, 1.807) is 0 Å². The Bertz CT molecular complexity index is 744. The Balaban J connectivity index is 1.80. The molecule has 7 nitrogen and oxygen atoms in total. The lowest BCUT2D eigenvalue weighted by atomic mass is 9.93. The fourth-order valence-electron chi connectivity index (χ4n) is 2.40. The first-order chi connectivity index (χ1) is 13.2. The first kappa shape index (κ1) is 22.2. The van der Waals surface area contributed by atoms with E-state index >= 15 is 0 Å². The van der Waals surface area contributed by atoms with Crippen LogP contribution >= 0.6 is 11.8 Å². The van der Waals surface area contributed by atoms with Crippen molar-refractivity contribution in [2.75, 3.05) is 32.6 Å². The molecule has 0 aliphatic rings. The average molecular weight is 408 g/mol. The van der Waals surface area contributed by atoms with Crippen LogP contribution in [0.1, 0.15) is 27.7 Å². The summed E-state index contributed by atoms with van der Waals surface area (Å²) < 4.78 is 17.3. The van der Waals surface area contributed by atoms with E-state index in [1.165, 1.54) is 11.8 Å². The molecule has 0 saturated heterocycles. The summed E-state index contributed by atoms with van der Waals surface area (Å²) >= 11 is 1.41. The van der Waals surface area contributed by atoms with Crippen LogP contribution in [0.4, 0.5) is 0 Å². The molecule has 0 atom stereocenters. The summed E-state index contributed by atoms with van der Waals surface area (Å²) in [5, 5.41) is 11.2. The highest BCUT2D eigenvalue weighted by Gasteiger charge is 2.23. The second-order valence-corrected chi connectivity index (χ2v) is 8.97. The van der Waals surface area contributed by atoms with E-state index in [0.717, 1.165) is 11.3 Å². The molecule has 0 aliphatic heterocycles. The summed E-state index contributed by atoms with van der Waals surface area (Å²) in [6.07, 6.45) is 2.60. The summed E-state index contributed by atoms with van der Waals surface area (Å²) in [5.74, 6) is 1.27. The molecule has 1 aromatic heterocycles. The van der Waals surface area contributed by atoms with E-state index < -0.39 is 0 Å². The lowest BCUT2D eigenvalue weighted by Crippen LogP contribution is -2.35. The maximum atomic E-state index is 10.4. The van der Waals surface area contributed by atoms with Gasteiger partial charge in [-0.05, 0) is 30.5 Å². The molecule has 28 heavy (non-hydrogen) atoms. The van der Waals surface area contributed by atoms with Crippen LogP contribution in [-0.2, 0) is 9.53 Å². The van der Waals surface area contributed by atoms with Gasteiger partial charge in [0.25, 0.3) is 5.22 Å². The Morgan fingerprint density at radius 2 is 1.75 bits per heavy atom. The third kappa shape index (κ3) is 7.16. The summed E-state index contributed by atoms with van der Waals surface area (Å²) in [7, 11) is 0. The van der Waals surface area contributed by atoms with Crippen molar-refractivity contribution in [2.45, 2.75) is 32.9 Å². The van der Waals surface area contributed by atoms with Crippen LogP contribution in [-0.4, -0.2) is 49.2 Å². The number of rotatable bonds is 12. The number of hydrogen-bond acceptors (Lipinski definition) is 7. The largest absolute Gasteiger partial charge is 0.493 e. The molecule has 1 aromatic carbocycles. The first-order valence-electron chi connectivity index (χ1n) is 9.10. The van der Waals surface area contributed by atoms with Gasteiger partial charge < -0.3 is 19.2 Å². The molecular weight excluding hydrogens is 378 g/mol. The summed E-state index contributed by atoms with van der Waals surface area (Å²) in [6, 6.07) is 7.59. The number of carbonyl (C=O) groups excluding carboxylic acids is 1. The van der Waals surface area contributed by atoms with E-state index in [1.807, 2.05) is 30.5 Å². The molecule has 0 spiro atoms. The second-order valence-electron chi connectivity index (χ2n) is 8.21. The van der Waals surface area contributed by atoms with Gasteiger partial charge in [0.2, 0.25) is 12.3 Å². The van der Waals surface area contributed by atoms with Crippen molar-refractivity contribution in [1.29, 1.82) is 0 Å². The van der Waals surface area contributed by atoms with Crippen LogP contribution in [0.25, 0.3) is 11.5 Å². The Hall–Kier alpha value is -2.06. The van der Waals surface area contributed by atoms with Gasteiger partial charge in [-0.2, -0.15) is 0 Å². The molecule has 154 valence electrons. The van der Waals surface area contributed by atoms with E-state index in [9.17, 15) is 4.79 Å². The zero-order chi connectivity index (χ0) is 20.6. The van der Waals surface area contributed by atoms with Crippen LogP contribution in [0.5, 0.6) is 5.75 Å². The van der Waals surface area contributed by atoms with Crippen LogP contribution in [0.2, 0.25) is 0 Å². The van der Waals surface area contributed by atoms with Gasteiger partial charge in [0.1, 0.15) is 5.75 Å². The zero-order valence-electron chi connectivity index (χ0n) is 17.2. The highest BCUT2D eigenvalue weighted by atomic mass is 32.2. The number of nitrogens with zero attached hydrogens (tertiary/aromatic N) is 2. The summed E-state index contributed by atoms with van der Waals surface area (Å²) in [4.78, 5) is 10.4. The van der Waals surface area contributed by atoms with Crippen molar-refractivity contribution in [1.82, 2.24) is 15.5 Å². The minimum atomic E-state index is -0.146. The Kier molecular flexibility index (Phi) is 7.88. The molecule has 2 rings (SSSR count). The Morgan fingerprint density at radius 1 is 1.07 bits per heavy atom. The van der Waals surface area contributed by atoms with Gasteiger partial charge in [0.05, 0.1) is 19.8 Å². The van der Waals surface area contributed by atoms with Crippen molar-refractivity contribution in [2.24, 2.45) is 10.8 Å². The van der Waals surface area contributed by atoms with Crippen LogP contribution in [0.15, 0.2) is 33.9 Å². The maximum absolute atomic E-state index is 10.4. The van der Waals surface area contributed by atoms with E-state index in [2.05, 4.69) is 43.2 Å². The van der Waals surface area contributed by atoms with Gasteiger partial charge in [0.15, 0.2) is 0 Å². The predicted octanol–water partition coefficient (Wildman–Crippen LogP) is 3.65. The molecule has 1 heterocycles. The van der Waals surface area contributed by atoms with Gasteiger partial charge in [-0.15, -0.1) is 10.2 Å². The number of ether oxygens (including phenoxy) is 2. The van der Waals surface area contributed by atoms with Crippen LogP contribution in [0, 0.1) is 10.8 Å². The van der Waals surface area contributed by atoms with Gasteiger partial charge in [-0.1, -0.05) is 39.5 Å². The topological polar surface area (TPSA) is 86.5 Å². The second kappa shape index (κ2) is 9.93. The highest BCUT2D eigenvalue weighted by molar-refractivity contribution is 7.98. The minimum absolute atomic E-state index is 0.113. The molecule has 8 heteroatoms. The SMILES string of the molecule is CSc1nnc(-c2ccc(OCC(C)(C)COCC(C)(C)CNC=O)cc2)o1. The number of nitrogens with one attached hydrogen (secondary N) is 1. The van der Waals surface area contributed by atoms with Crippen molar-refractivity contribution in [3.63, 3.8) is 0 Å². The fraction of sp³-hybridized carbons (Fsp3) is 0.550. The first-order valence-corrected chi connectivity index (χ1v) is 10.3. The normalized spacial score (nSPS) is 12.0. The fourth-order valence-corrected chi connectivity index (χ4v) is 2.68. The number of hydrogen-bond donors (Lipinski definition) is 1. The number of amides is 1. The number of aromatic nitrogens is 2. The van der Waals surface area contributed by atoms with Gasteiger partial charge in [-0.25, -0.2) is 0 Å². The monoisotopic (exact) mass is 407 g/mol. The molecule has 0 radical (unpaired) electrons. The van der Waals surface area contributed by atoms with Crippen molar-refractivity contribution >= 4 is 18.2 Å². The number of carbonyl (C=O) groups is 1. The van der Waals surface area contributed by atoms with Crippen LogP contribution in [0.3, 0.4) is 0 Å². The molecular formula is C20H29N3O4S. The quantitative estimate of drug-likeness (QED) is 0.424. The van der Waals surface area contributed by atoms with Crippen molar-refractivity contribution in [3.8, 4) is 17.2 Å². The van der Waals surface area contributed by atoms with Crippen LogP contribution < -0.4 is 10.1 Å². The van der Waals surface area contributed by atoms with E-state index in [-0.39, 0.29) is 10.8 Å². The third-order valence-corrected chi connectivity index (χ3v) is 4.48. The Morgan fingerprint density at radius 3 is 2.36 bits per heavy atom. The van der Waals surface area contributed by atoms with E-state index in [0.29, 0.717) is 43.9 Å². The molecule has 0 saturated carbocycles. The lowest BCUT2D eigenvalue weighted by Gasteiger charge is -2.28. The zero-order valence-corrected chi connectivity index (χ0v) is 18.0. The molecule has 0 bridgehead atoms. The highest BCUT2D eigenvalue weighted by Crippen LogP contribution is 2.25. The summed E-state index contributed by atoms with van der Waals surface area (Å²) in [6.45, 7) is 10.5. The average Bonchev–Trinajstić information content (AvgIpc) is 3.14. The lowest BCUT2D eigenvalue weighted by molar-refractivity contribution is -0.110. The molecule has 2 aromatic rings. The molecule has 1 N–H and O–H groups in total. The minimum Gasteiger partial charge on any atom is -0.493 e. The van der Waals surface area contributed by atoms with Crippen molar-refractivity contribution in [3.05, 3.63) is 24.3 Å². The molecule has 0 aliphatic carbocycles. The molecule has 0 unspecified atom stereocenters. The van der Waals surface area contributed by atoms with Crippen molar-refractivity contribution < 1.29 is 18.7 Å². The third-order valence-electron chi connectivity index (χ3n) is 3.96. The van der Waals surface area contributed by atoms with Gasteiger partial charge in [-0.3, -0.25) is 4.79 Å². The predicted molar refractivity (Wildman–Crippen MR) is 109 cm³/mol.